The molecule has 100 valence electrons. The minimum atomic E-state index is 0.373. The summed E-state index contributed by atoms with van der Waals surface area (Å²) >= 11 is 4.96. The Kier molecular flexibility index (Phi) is 4.62. The van der Waals surface area contributed by atoms with Crippen LogP contribution in [0.25, 0.3) is 0 Å². The van der Waals surface area contributed by atoms with Gasteiger partial charge in [0.05, 0.1) is 0 Å². The maximum atomic E-state index is 5.65. The lowest BCUT2D eigenvalue weighted by molar-refractivity contribution is 0.816. The van der Waals surface area contributed by atoms with E-state index in [1.807, 2.05) is 13.1 Å². The van der Waals surface area contributed by atoms with Gasteiger partial charge < -0.3 is 16.8 Å². The summed E-state index contributed by atoms with van der Waals surface area (Å²) in [6.45, 7) is 0.825. The van der Waals surface area contributed by atoms with Gasteiger partial charge in [0.1, 0.15) is 11.6 Å². The van der Waals surface area contributed by atoms with E-state index in [4.69, 9.17) is 11.5 Å². The van der Waals surface area contributed by atoms with Crippen molar-refractivity contribution in [2.24, 2.45) is 0 Å². The zero-order valence-electron chi connectivity index (χ0n) is 10.4. The Bertz CT molecular complexity index is 570. The van der Waals surface area contributed by atoms with E-state index >= 15 is 0 Å². The van der Waals surface area contributed by atoms with E-state index in [0.717, 1.165) is 15.9 Å². The Balaban J connectivity index is 2.23. The van der Waals surface area contributed by atoms with Crippen molar-refractivity contribution >= 4 is 39.3 Å². The summed E-state index contributed by atoms with van der Waals surface area (Å²) in [5.41, 5.74) is 12.5. The molecular weight excluding hydrogens is 326 g/mol. The number of nitrogens with two attached hydrogens (primary N) is 2. The number of hydrogen-bond acceptors (Lipinski definition) is 6. The molecule has 0 saturated carbocycles. The Morgan fingerprint density at radius 2 is 1.89 bits per heavy atom. The summed E-state index contributed by atoms with van der Waals surface area (Å²) < 4.78 is 0.995. The van der Waals surface area contributed by atoms with E-state index in [9.17, 15) is 0 Å². The number of aromatic nitrogens is 2. The summed E-state index contributed by atoms with van der Waals surface area (Å²) in [5.74, 6) is 0.746. The molecule has 19 heavy (non-hydrogen) atoms. The van der Waals surface area contributed by atoms with Crippen molar-refractivity contribution in [3.8, 4) is 0 Å². The van der Waals surface area contributed by atoms with Crippen LogP contribution in [0.1, 0.15) is 5.56 Å². The zero-order chi connectivity index (χ0) is 13.8. The Morgan fingerprint density at radius 1 is 1.21 bits per heavy atom. The molecular formula is C12H14BrN5S. The first-order valence-corrected chi connectivity index (χ1v) is 7.20. The van der Waals surface area contributed by atoms with E-state index < -0.39 is 0 Å². The van der Waals surface area contributed by atoms with Crippen molar-refractivity contribution in [1.29, 1.82) is 0 Å². The number of anilines is 2. The molecule has 0 aliphatic rings. The summed E-state index contributed by atoms with van der Waals surface area (Å²) in [4.78, 5) is 9.31. The minimum absolute atomic E-state index is 0.373. The number of nitrogens with one attached hydrogen (secondary N) is 1. The van der Waals surface area contributed by atoms with Gasteiger partial charge in [0, 0.05) is 22.0 Å². The van der Waals surface area contributed by atoms with Crippen molar-refractivity contribution in [2.75, 3.05) is 18.5 Å². The van der Waals surface area contributed by atoms with Gasteiger partial charge in [-0.2, -0.15) is 0 Å². The molecule has 0 bridgehead atoms. The lowest BCUT2D eigenvalue weighted by Crippen LogP contribution is -2.04. The molecule has 0 radical (unpaired) electrons. The van der Waals surface area contributed by atoms with E-state index in [0.29, 0.717) is 16.8 Å². The topological polar surface area (TPSA) is 89.8 Å². The normalized spacial score (nSPS) is 10.6. The molecule has 0 fully saturated rings. The molecule has 1 heterocycles. The highest BCUT2D eigenvalue weighted by Crippen LogP contribution is 2.32. The van der Waals surface area contributed by atoms with Crippen molar-refractivity contribution < 1.29 is 0 Å². The maximum Gasteiger partial charge on any atom is 0.196 e. The molecule has 2 aromatic rings. The van der Waals surface area contributed by atoms with E-state index in [2.05, 4.69) is 43.3 Å². The molecule has 0 spiro atoms. The number of nitrogens with zero attached hydrogens (tertiary/aromatic N) is 2. The molecule has 0 saturated heterocycles. The average Bonchev–Trinajstić information content (AvgIpc) is 2.32. The van der Waals surface area contributed by atoms with Crippen LogP contribution < -0.4 is 16.8 Å². The van der Waals surface area contributed by atoms with E-state index in [1.165, 1.54) is 23.4 Å². The molecule has 0 amide bonds. The Hall–Kier alpha value is -1.31. The number of rotatable bonds is 4. The number of hydrogen-bond donors (Lipinski definition) is 3. The average molecular weight is 340 g/mol. The van der Waals surface area contributed by atoms with Gasteiger partial charge >= 0.3 is 0 Å². The van der Waals surface area contributed by atoms with Crippen LogP contribution in [-0.4, -0.2) is 17.0 Å². The fraction of sp³-hybridized carbons (Fsp3) is 0.167. The highest BCUT2D eigenvalue weighted by Gasteiger charge is 2.07. The quantitative estimate of drug-likeness (QED) is 0.740. The van der Waals surface area contributed by atoms with E-state index in [1.54, 1.807) is 0 Å². The molecule has 1 aromatic carbocycles. The third-order valence-corrected chi connectivity index (χ3v) is 4.18. The molecule has 7 heteroatoms. The number of halogens is 1. The Labute approximate surface area is 124 Å². The molecule has 0 atom stereocenters. The van der Waals surface area contributed by atoms with Crippen LogP contribution in [0.2, 0.25) is 0 Å². The van der Waals surface area contributed by atoms with Crippen LogP contribution in [0, 0.1) is 0 Å². The monoisotopic (exact) mass is 339 g/mol. The van der Waals surface area contributed by atoms with Gasteiger partial charge in [0.25, 0.3) is 0 Å². The van der Waals surface area contributed by atoms with Crippen molar-refractivity contribution in [3.63, 3.8) is 0 Å². The second-order valence-corrected chi connectivity index (χ2v) is 5.76. The van der Waals surface area contributed by atoms with Crippen LogP contribution in [0.4, 0.5) is 11.6 Å². The highest BCUT2D eigenvalue weighted by molar-refractivity contribution is 9.10. The van der Waals surface area contributed by atoms with Crippen molar-refractivity contribution in [1.82, 2.24) is 15.3 Å². The fourth-order valence-corrected chi connectivity index (χ4v) is 3.01. The summed E-state index contributed by atoms with van der Waals surface area (Å²) in [6.07, 6.45) is 0. The minimum Gasteiger partial charge on any atom is -0.383 e. The predicted molar refractivity (Wildman–Crippen MR) is 81.9 cm³/mol. The third-order valence-electron chi connectivity index (χ3n) is 2.32. The van der Waals surface area contributed by atoms with Gasteiger partial charge in [0.2, 0.25) is 0 Å². The van der Waals surface area contributed by atoms with Gasteiger partial charge in [-0.25, -0.2) is 9.97 Å². The molecule has 1 aromatic heterocycles. The van der Waals surface area contributed by atoms with Gasteiger partial charge in [0.15, 0.2) is 5.16 Å². The van der Waals surface area contributed by atoms with Crippen LogP contribution in [0.15, 0.2) is 38.8 Å². The molecule has 0 unspecified atom stereocenters. The first kappa shape index (κ1) is 14.1. The lowest BCUT2D eigenvalue weighted by atomic mass is 10.2. The zero-order valence-corrected chi connectivity index (χ0v) is 12.8. The van der Waals surface area contributed by atoms with Gasteiger partial charge in [-0.3, -0.25) is 0 Å². The maximum absolute atomic E-state index is 5.65. The second kappa shape index (κ2) is 6.23. The van der Waals surface area contributed by atoms with Crippen LogP contribution >= 0.6 is 27.7 Å². The third kappa shape index (κ3) is 3.82. The fourth-order valence-electron chi connectivity index (χ4n) is 1.55. The van der Waals surface area contributed by atoms with Crippen LogP contribution in [0.3, 0.4) is 0 Å². The van der Waals surface area contributed by atoms with Crippen LogP contribution in [0.5, 0.6) is 0 Å². The van der Waals surface area contributed by atoms with Gasteiger partial charge in [-0.15, -0.1) is 0 Å². The molecule has 0 aliphatic carbocycles. The van der Waals surface area contributed by atoms with Crippen molar-refractivity contribution in [3.05, 3.63) is 34.3 Å². The molecule has 0 aliphatic heterocycles. The first-order valence-electron chi connectivity index (χ1n) is 5.59. The largest absolute Gasteiger partial charge is 0.383 e. The van der Waals surface area contributed by atoms with E-state index in [-0.39, 0.29) is 0 Å². The summed E-state index contributed by atoms with van der Waals surface area (Å²) in [6, 6.07) is 7.67. The standard InChI is InChI=1S/C12H14BrN5S/c1-16-6-7-2-3-9(8(13)4-7)19-12-17-10(14)5-11(15)18-12/h2-5,16H,6H2,1H3,(H4,14,15,17,18). The molecule has 5 nitrogen and oxygen atoms in total. The van der Waals surface area contributed by atoms with Gasteiger partial charge in [-0.1, -0.05) is 6.07 Å². The second-order valence-electron chi connectivity index (χ2n) is 3.90. The first-order chi connectivity index (χ1) is 9.08. The summed E-state index contributed by atoms with van der Waals surface area (Å²) in [5, 5.41) is 3.65. The summed E-state index contributed by atoms with van der Waals surface area (Å²) in [7, 11) is 1.92. The van der Waals surface area contributed by atoms with Crippen LogP contribution in [-0.2, 0) is 6.54 Å². The molecule has 2 rings (SSSR count). The number of nitrogen functional groups attached to an aromatic ring is 2. The SMILES string of the molecule is CNCc1ccc(Sc2nc(N)cc(N)n2)c(Br)c1. The lowest BCUT2D eigenvalue weighted by Gasteiger charge is -2.07. The molecule has 5 N–H and O–H groups in total. The highest BCUT2D eigenvalue weighted by atomic mass is 79.9. The predicted octanol–water partition coefficient (Wildman–Crippen LogP) is 2.27. The smallest absolute Gasteiger partial charge is 0.196 e. The van der Waals surface area contributed by atoms with Crippen molar-refractivity contribution in [2.45, 2.75) is 16.6 Å². The Morgan fingerprint density at radius 3 is 2.47 bits per heavy atom. The number of benzene rings is 1. The van der Waals surface area contributed by atoms with Gasteiger partial charge in [-0.05, 0) is 52.4 Å².